The molecular weight excluding hydrogens is 472 g/mol. The highest BCUT2D eigenvalue weighted by Gasteiger charge is 2.47. The van der Waals surface area contributed by atoms with E-state index in [2.05, 4.69) is 5.32 Å². The smallest absolute Gasteiger partial charge is 0.300 e. The second-order valence-corrected chi connectivity index (χ2v) is 8.85. The number of Topliss-reactive ketones (excluding diaryl/α,β-unsaturated/α-hetero) is 1. The topological polar surface area (TPSA) is 105 Å². The number of fused-ring (bicyclic) bond motifs is 1. The average Bonchev–Trinajstić information content (AvgIpc) is 3.18. The van der Waals surface area contributed by atoms with Crippen molar-refractivity contribution in [2.45, 2.75) is 26.3 Å². The molecule has 1 unspecified atom stereocenters. The van der Waals surface area contributed by atoms with Crippen LogP contribution in [0.4, 0.5) is 11.4 Å². The molecule has 0 aliphatic carbocycles. The second-order valence-electron chi connectivity index (χ2n) is 8.85. The van der Waals surface area contributed by atoms with Gasteiger partial charge >= 0.3 is 0 Å². The van der Waals surface area contributed by atoms with Crippen molar-refractivity contribution in [3.63, 3.8) is 0 Å². The molecule has 1 atom stereocenters. The third-order valence-corrected chi connectivity index (χ3v) is 6.41. The molecule has 188 valence electrons. The fourth-order valence-electron chi connectivity index (χ4n) is 4.63. The number of anilines is 2. The van der Waals surface area contributed by atoms with Gasteiger partial charge in [-0.3, -0.25) is 19.3 Å². The van der Waals surface area contributed by atoms with E-state index in [-0.39, 0.29) is 17.2 Å². The Balaban J connectivity index is 1.67. The first-order chi connectivity index (χ1) is 17.9. The largest absolute Gasteiger partial charge is 0.507 e. The van der Waals surface area contributed by atoms with Crippen LogP contribution in [0.5, 0.6) is 11.5 Å². The van der Waals surface area contributed by atoms with Crippen molar-refractivity contribution in [3.05, 3.63) is 89.0 Å². The van der Waals surface area contributed by atoms with Gasteiger partial charge in [0.05, 0.1) is 11.6 Å². The molecule has 2 amide bonds. The summed E-state index contributed by atoms with van der Waals surface area (Å²) in [6, 6.07) is 18.3. The number of hydrogen-bond donors (Lipinski definition) is 2. The van der Waals surface area contributed by atoms with Gasteiger partial charge in [-0.2, -0.15) is 0 Å². The minimum atomic E-state index is -0.883. The van der Waals surface area contributed by atoms with Crippen LogP contribution >= 0.6 is 0 Å². The molecule has 0 spiro atoms. The summed E-state index contributed by atoms with van der Waals surface area (Å²) in [5.74, 6) is -1.14. The zero-order chi connectivity index (χ0) is 26.1. The third-order valence-electron chi connectivity index (χ3n) is 6.41. The number of rotatable bonds is 5. The monoisotopic (exact) mass is 498 g/mol. The van der Waals surface area contributed by atoms with E-state index >= 15 is 0 Å². The number of amides is 2. The van der Waals surface area contributed by atoms with E-state index in [4.69, 9.17) is 9.47 Å². The summed E-state index contributed by atoms with van der Waals surface area (Å²) in [7, 11) is 0. The molecule has 2 heterocycles. The summed E-state index contributed by atoms with van der Waals surface area (Å²) in [5.41, 5.74) is 2.97. The normalized spacial score (nSPS) is 18.1. The Morgan fingerprint density at radius 1 is 1.00 bits per heavy atom. The molecule has 0 radical (unpaired) electrons. The van der Waals surface area contributed by atoms with Crippen LogP contribution in [0.2, 0.25) is 0 Å². The Hall–Kier alpha value is -4.59. The Morgan fingerprint density at radius 3 is 2.43 bits per heavy atom. The molecule has 8 heteroatoms. The maximum absolute atomic E-state index is 13.4. The number of aliphatic hydroxyl groups is 1. The number of carbonyl (C=O) groups is 3. The van der Waals surface area contributed by atoms with Crippen molar-refractivity contribution in [1.82, 2.24) is 0 Å². The van der Waals surface area contributed by atoms with Crippen molar-refractivity contribution < 1.29 is 29.0 Å². The number of carbonyl (C=O) groups excluding carboxylic acids is 3. The number of hydrogen-bond acceptors (Lipinski definition) is 6. The number of ketones is 1. The molecule has 3 aromatic carbocycles. The number of nitrogens with one attached hydrogen (secondary N) is 1. The molecule has 5 rings (SSSR count). The van der Waals surface area contributed by atoms with E-state index in [0.717, 1.165) is 12.0 Å². The van der Waals surface area contributed by atoms with Crippen molar-refractivity contribution in [1.29, 1.82) is 0 Å². The first-order valence-corrected chi connectivity index (χ1v) is 12.0. The lowest BCUT2D eigenvalue weighted by molar-refractivity contribution is -0.132. The van der Waals surface area contributed by atoms with Crippen molar-refractivity contribution in [3.8, 4) is 11.5 Å². The summed E-state index contributed by atoms with van der Waals surface area (Å²) < 4.78 is 11.2. The van der Waals surface area contributed by atoms with Gasteiger partial charge in [0.15, 0.2) is 11.5 Å². The highest BCUT2D eigenvalue weighted by molar-refractivity contribution is 6.51. The summed E-state index contributed by atoms with van der Waals surface area (Å²) in [4.78, 5) is 39.8. The van der Waals surface area contributed by atoms with Gasteiger partial charge in [-0.05, 0) is 53.9 Å². The number of ether oxygens (including phenoxy) is 2. The molecule has 2 aliphatic heterocycles. The average molecular weight is 499 g/mol. The minimum Gasteiger partial charge on any atom is -0.507 e. The summed E-state index contributed by atoms with van der Waals surface area (Å²) in [5, 5.41) is 14.1. The van der Waals surface area contributed by atoms with Crippen LogP contribution in [-0.2, 0) is 20.8 Å². The van der Waals surface area contributed by atoms with Crippen LogP contribution in [0.3, 0.4) is 0 Å². The zero-order valence-corrected chi connectivity index (χ0v) is 20.5. The molecule has 2 N–H and O–H groups in total. The van der Waals surface area contributed by atoms with E-state index in [1.54, 1.807) is 42.5 Å². The zero-order valence-electron chi connectivity index (χ0n) is 20.5. The van der Waals surface area contributed by atoms with Gasteiger partial charge < -0.3 is 19.9 Å². The van der Waals surface area contributed by atoms with E-state index in [9.17, 15) is 19.5 Å². The molecule has 0 saturated carbocycles. The third kappa shape index (κ3) is 4.53. The highest BCUT2D eigenvalue weighted by Crippen LogP contribution is 2.43. The number of benzene rings is 3. The quantitative estimate of drug-likeness (QED) is 0.303. The fourth-order valence-corrected chi connectivity index (χ4v) is 4.63. The van der Waals surface area contributed by atoms with Gasteiger partial charge in [-0.25, -0.2) is 0 Å². The van der Waals surface area contributed by atoms with Gasteiger partial charge in [0.1, 0.15) is 19.0 Å². The van der Waals surface area contributed by atoms with Crippen molar-refractivity contribution in [2.75, 3.05) is 23.4 Å². The minimum absolute atomic E-state index is 0.0316. The first kappa shape index (κ1) is 24.1. The molecule has 8 nitrogen and oxygen atoms in total. The van der Waals surface area contributed by atoms with Crippen LogP contribution in [0.25, 0.3) is 5.76 Å². The lowest BCUT2D eigenvalue weighted by atomic mass is 9.94. The van der Waals surface area contributed by atoms with Crippen molar-refractivity contribution >= 4 is 34.7 Å². The summed E-state index contributed by atoms with van der Waals surface area (Å²) >= 11 is 0. The lowest BCUT2D eigenvalue weighted by Crippen LogP contribution is -2.29. The molecule has 37 heavy (non-hydrogen) atoms. The summed E-state index contributed by atoms with van der Waals surface area (Å²) in [6.45, 7) is 4.22. The van der Waals surface area contributed by atoms with Gasteiger partial charge in [0.25, 0.3) is 11.7 Å². The van der Waals surface area contributed by atoms with E-state index < -0.39 is 17.7 Å². The standard InChI is InChI=1S/C29H26N2O6/c1-3-18-7-9-19(10-8-18)26-25(27(33)20-11-12-23-24(15-20)37-14-13-36-23)28(34)29(35)31(26)22-6-4-5-21(16-22)30-17(2)32/h4-12,15-16,26,33H,3,13-14H2,1-2H3,(H,30,32)/b27-25-. The second kappa shape index (κ2) is 9.81. The number of nitrogens with zero attached hydrogens (tertiary/aromatic N) is 1. The molecule has 1 saturated heterocycles. The Morgan fingerprint density at radius 2 is 1.73 bits per heavy atom. The first-order valence-electron chi connectivity index (χ1n) is 12.0. The molecule has 0 aromatic heterocycles. The number of aliphatic hydroxyl groups excluding tert-OH is 1. The maximum Gasteiger partial charge on any atom is 0.300 e. The molecular formula is C29H26N2O6. The van der Waals surface area contributed by atoms with Gasteiger partial charge in [-0.15, -0.1) is 0 Å². The van der Waals surface area contributed by atoms with E-state index in [0.29, 0.717) is 47.2 Å². The van der Waals surface area contributed by atoms with Crippen LogP contribution in [0.1, 0.15) is 36.6 Å². The van der Waals surface area contributed by atoms with Gasteiger partial charge in [-0.1, -0.05) is 37.3 Å². The lowest BCUT2D eigenvalue weighted by Gasteiger charge is -2.26. The predicted molar refractivity (Wildman–Crippen MR) is 139 cm³/mol. The van der Waals surface area contributed by atoms with E-state index in [1.807, 2.05) is 31.2 Å². The molecule has 0 bridgehead atoms. The number of aryl methyl sites for hydroxylation is 1. The molecule has 1 fully saturated rings. The highest BCUT2D eigenvalue weighted by atomic mass is 16.6. The SMILES string of the molecule is CCc1ccc(C2/C(=C(/O)c3ccc4c(c3)OCCO4)C(=O)C(=O)N2c2cccc(NC(C)=O)c2)cc1. The predicted octanol–water partition coefficient (Wildman–Crippen LogP) is 4.60. The molecule has 2 aliphatic rings. The van der Waals surface area contributed by atoms with E-state index in [1.165, 1.54) is 11.8 Å². The van der Waals surface area contributed by atoms with Crippen LogP contribution in [0, 0.1) is 0 Å². The van der Waals surface area contributed by atoms with Crippen LogP contribution in [0.15, 0.2) is 72.3 Å². The molecule has 3 aromatic rings. The Bertz CT molecular complexity index is 1430. The van der Waals surface area contributed by atoms with Crippen LogP contribution < -0.4 is 19.7 Å². The fraction of sp³-hybridized carbons (Fsp3) is 0.207. The summed E-state index contributed by atoms with van der Waals surface area (Å²) in [6.07, 6.45) is 0.830. The Labute approximate surface area is 214 Å². The van der Waals surface area contributed by atoms with Gasteiger partial charge in [0.2, 0.25) is 5.91 Å². The Kier molecular flexibility index (Phi) is 6.40. The maximum atomic E-state index is 13.4. The van der Waals surface area contributed by atoms with Gasteiger partial charge in [0, 0.05) is 23.9 Å². The van der Waals surface area contributed by atoms with Crippen molar-refractivity contribution in [2.24, 2.45) is 0 Å². The van der Waals surface area contributed by atoms with Crippen LogP contribution in [-0.4, -0.2) is 35.9 Å².